The number of benzene rings is 4. The van der Waals surface area contributed by atoms with Crippen LogP contribution < -0.4 is 0 Å². The average molecular weight is 320 g/mol. The van der Waals surface area contributed by atoms with Crippen LogP contribution in [0.3, 0.4) is 0 Å². The molecule has 0 radical (unpaired) electrons. The van der Waals surface area contributed by atoms with Gasteiger partial charge in [-0.15, -0.1) is 0 Å². The van der Waals surface area contributed by atoms with Gasteiger partial charge in [-0.05, 0) is 40.5 Å². The molecule has 1 heteroatoms. The van der Waals surface area contributed by atoms with Crippen LogP contribution in [0.4, 0.5) is 0 Å². The maximum absolute atomic E-state index is 6.03. The van der Waals surface area contributed by atoms with Crippen molar-refractivity contribution in [2.24, 2.45) is 0 Å². The molecule has 5 rings (SSSR count). The van der Waals surface area contributed by atoms with Crippen LogP contribution in [0.15, 0.2) is 101 Å². The van der Waals surface area contributed by atoms with Gasteiger partial charge in [0.2, 0.25) is 0 Å². The standard InChI is InChI=1S/C24H16O/c1-2-8-17(9-3-1)18-10-6-11-19(16-18)20-13-7-15-23-24(20)21-12-4-5-14-22(21)25-23/h1-16H. The van der Waals surface area contributed by atoms with E-state index in [0.717, 1.165) is 11.2 Å². The Balaban J connectivity index is 1.77. The molecule has 0 bridgehead atoms. The minimum Gasteiger partial charge on any atom is -0.456 e. The topological polar surface area (TPSA) is 13.1 Å². The lowest BCUT2D eigenvalue weighted by atomic mass is 9.96. The molecule has 0 N–H and O–H groups in total. The molecule has 0 aliphatic carbocycles. The van der Waals surface area contributed by atoms with Crippen molar-refractivity contribution in [2.75, 3.05) is 0 Å². The summed E-state index contributed by atoms with van der Waals surface area (Å²) in [6.45, 7) is 0. The maximum atomic E-state index is 6.03. The van der Waals surface area contributed by atoms with Gasteiger partial charge in [0.05, 0.1) is 0 Å². The van der Waals surface area contributed by atoms with Gasteiger partial charge in [-0.3, -0.25) is 0 Å². The van der Waals surface area contributed by atoms with E-state index in [0.29, 0.717) is 0 Å². The van der Waals surface area contributed by atoms with Crippen molar-refractivity contribution in [3.05, 3.63) is 97.1 Å². The Hall–Kier alpha value is -3.32. The fraction of sp³-hybridized carbons (Fsp3) is 0. The van der Waals surface area contributed by atoms with Crippen molar-refractivity contribution in [3.8, 4) is 22.3 Å². The molecule has 118 valence electrons. The fourth-order valence-electron chi connectivity index (χ4n) is 3.51. The predicted octanol–water partition coefficient (Wildman–Crippen LogP) is 6.92. The Labute approximate surface area is 146 Å². The summed E-state index contributed by atoms with van der Waals surface area (Å²) in [7, 11) is 0. The zero-order valence-corrected chi connectivity index (χ0v) is 13.6. The molecule has 1 heterocycles. The molecule has 5 aromatic rings. The Morgan fingerprint density at radius 3 is 2.08 bits per heavy atom. The Morgan fingerprint density at radius 2 is 1.16 bits per heavy atom. The van der Waals surface area contributed by atoms with Crippen molar-refractivity contribution in [1.29, 1.82) is 0 Å². The van der Waals surface area contributed by atoms with E-state index in [1.54, 1.807) is 0 Å². The number of rotatable bonds is 2. The molecular formula is C24H16O. The van der Waals surface area contributed by atoms with Gasteiger partial charge in [0, 0.05) is 10.8 Å². The number of furan rings is 1. The van der Waals surface area contributed by atoms with Crippen LogP contribution >= 0.6 is 0 Å². The molecule has 1 aromatic heterocycles. The van der Waals surface area contributed by atoms with Crippen molar-refractivity contribution in [2.45, 2.75) is 0 Å². The first-order valence-corrected chi connectivity index (χ1v) is 8.46. The smallest absolute Gasteiger partial charge is 0.136 e. The van der Waals surface area contributed by atoms with Crippen LogP contribution in [0.2, 0.25) is 0 Å². The summed E-state index contributed by atoms with van der Waals surface area (Å²) < 4.78 is 6.03. The lowest BCUT2D eigenvalue weighted by Crippen LogP contribution is -1.82. The van der Waals surface area contributed by atoms with Crippen LogP contribution in [0.5, 0.6) is 0 Å². The zero-order chi connectivity index (χ0) is 16.6. The molecule has 0 saturated heterocycles. The van der Waals surface area contributed by atoms with Crippen LogP contribution in [0.25, 0.3) is 44.2 Å². The SMILES string of the molecule is c1ccc(-c2cccc(-c3cccc4oc5ccccc5c34)c2)cc1. The fourth-order valence-corrected chi connectivity index (χ4v) is 3.51. The summed E-state index contributed by atoms with van der Waals surface area (Å²) in [5.41, 5.74) is 6.74. The highest BCUT2D eigenvalue weighted by atomic mass is 16.3. The lowest BCUT2D eigenvalue weighted by Gasteiger charge is -2.07. The van der Waals surface area contributed by atoms with E-state index in [-0.39, 0.29) is 0 Å². The van der Waals surface area contributed by atoms with Crippen LogP contribution in [0.1, 0.15) is 0 Å². The third-order valence-corrected chi connectivity index (χ3v) is 4.68. The van der Waals surface area contributed by atoms with Crippen LogP contribution in [-0.2, 0) is 0 Å². The third kappa shape index (κ3) is 2.33. The molecule has 0 aliphatic heterocycles. The zero-order valence-electron chi connectivity index (χ0n) is 13.6. The van der Waals surface area contributed by atoms with Gasteiger partial charge >= 0.3 is 0 Å². The highest BCUT2D eigenvalue weighted by Gasteiger charge is 2.12. The van der Waals surface area contributed by atoms with Gasteiger partial charge in [0.15, 0.2) is 0 Å². The Kier molecular flexibility index (Phi) is 3.17. The van der Waals surface area contributed by atoms with Gasteiger partial charge in [-0.2, -0.15) is 0 Å². The number of fused-ring (bicyclic) bond motifs is 3. The first-order chi connectivity index (χ1) is 12.4. The second-order valence-electron chi connectivity index (χ2n) is 6.22. The monoisotopic (exact) mass is 320 g/mol. The van der Waals surface area contributed by atoms with E-state index >= 15 is 0 Å². The molecule has 0 amide bonds. The average Bonchev–Trinajstić information content (AvgIpc) is 3.07. The molecule has 0 fully saturated rings. The molecule has 0 atom stereocenters. The normalized spacial score (nSPS) is 11.2. The molecule has 0 aliphatic rings. The lowest BCUT2D eigenvalue weighted by molar-refractivity contribution is 0.669. The van der Waals surface area contributed by atoms with Gasteiger partial charge < -0.3 is 4.42 Å². The minimum absolute atomic E-state index is 0.934. The largest absolute Gasteiger partial charge is 0.456 e. The summed E-state index contributed by atoms with van der Waals surface area (Å²) in [6, 6.07) is 33.7. The van der Waals surface area contributed by atoms with Crippen molar-refractivity contribution < 1.29 is 4.42 Å². The van der Waals surface area contributed by atoms with E-state index in [4.69, 9.17) is 4.42 Å². The summed E-state index contributed by atoms with van der Waals surface area (Å²) in [5.74, 6) is 0. The molecule has 0 spiro atoms. The summed E-state index contributed by atoms with van der Waals surface area (Å²) >= 11 is 0. The van der Waals surface area contributed by atoms with Crippen LogP contribution in [-0.4, -0.2) is 0 Å². The van der Waals surface area contributed by atoms with E-state index in [1.807, 2.05) is 24.3 Å². The highest BCUT2D eigenvalue weighted by Crippen LogP contribution is 2.37. The first-order valence-electron chi connectivity index (χ1n) is 8.46. The third-order valence-electron chi connectivity index (χ3n) is 4.68. The molecule has 25 heavy (non-hydrogen) atoms. The second kappa shape index (κ2) is 5.64. The maximum Gasteiger partial charge on any atom is 0.136 e. The van der Waals surface area contributed by atoms with E-state index in [9.17, 15) is 0 Å². The highest BCUT2D eigenvalue weighted by molar-refractivity contribution is 6.12. The predicted molar refractivity (Wildman–Crippen MR) is 105 cm³/mol. The van der Waals surface area contributed by atoms with Gasteiger partial charge in [0.1, 0.15) is 11.2 Å². The molecule has 4 aromatic carbocycles. The summed E-state index contributed by atoms with van der Waals surface area (Å²) in [6.07, 6.45) is 0. The Bertz CT molecular complexity index is 1180. The first kappa shape index (κ1) is 14.1. The van der Waals surface area contributed by atoms with Crippen molar-refractivity contribution in [3.63, 3.8) is 0 Å². The van der Waals surface area contributed by atoms with E-state index in [1.165, 1.54) is 33.0 Å². The molecule has 0 saturated carbocycles. The summed E-state index contributed by atoms with van der Waals surface area (Å²) in [4.78, 5) is 0. The van der Waals surface area contributed by atoms with Gasteiger partial charge in [-0.25, -0.2) is 0 Å². The second-order valence-corrected chi connectivity index (χ2v) is 6.22. The van der Waals surface area contributed by atoms with Crippen molar-refractivity contribution >= 4 is 21.9 Å². The number of hydrogen-bond donors (Lipinski definition) is 0. The molecular weight excluding hydrogens is 304 g/mol. The minimum atomic E-state index is 0.934. The Morgan fingerprint density at radius 1 is 0.480 bits per heavy atom. The molecule has 0 unspecified atom stereocenters. The number of hydrogen-bond acceptors (Lipinski definition) is 1. The van der Waals surface area contributed by atoms with Crippen LogP contribution in [0, 0.1) is 0 Å². The number of para-hydroxylation sites is 1. The quantitative estimate of drug-likeness (QED) is 0.344. The molecule has 1 nitrogen and oxygen atoms in total. The van der Waals surface area contributed by atoms with E-state index in [2.05, 4.69) is 72.8 Å². The van der Waals surface area contributed by atoms with Gasteiger partial charge in [-0.1, -0.05) is 78.9 Å². The summed E-state index contributed by atoms with van der Waals surface area (Å²) in [5, 5.41) is 2.35. The van der Waals surface area contributed by atoms with E-state index < -0.39 is 0 Å². The van der Waals surface area contributed by atoms with Crippen molar-refractivity contribution in [1.82, 2.24) is 0 Å². The van der Waals surface area contributed by atoms with Gasteiger partial charge in [0.25, 0.3) is 0 Å².